The molecule has 1 aromatic rings. The Bertz CT molecular complexity index is 520. The van der Waals surface area contributed by atoms with E-state index in [2.05, 4.69) is 25.9 Å². The fourth-order valence-corrected chi connectivity index (χ4v) is 3.30. The van der Waals surface area contributed by atoms with Crippen molar-refractivity contribution in [1.29, 1.82) is 0 Å². The number of aromatic nitrogens is 2. The Morgan fingerprint density at radius 1 is 1.40 bits per heavy atom. The van der Waals surface area contributed by atoms with Crippen LogP contribution in [-0.2, 0) is 0 Å². The molecule has 2 N–H and O–H groups in total. The Hall–Kier alpha value is -0.880. The Kier molecular flexibility index (Phi) is 4.86. The molecule has 5 nitrogen and oxygen atoms in total. The Morgan fingerprint density at radius 2 is 2.00 bits per heavy atom. The van der Waals surface area contributed by atoms with Crippen molar-refractivity contribution in [2.45, 2.75) is 57.7 Å². The summed E-state index contributed by atoms with van der Waals surface area (Å²) in [4.78, 5) is 14.4. The summed E-state index contributed by atoms with van der Waals surface area (Å²) < 4.78 is 2.09. The van der Waals surface area contributed by atoms with Gasteiger partial charge in [-0.1, -0.05) is 0 Å². The lowest BCUT2D eigenvalue weighted by atomic mass is 9.91. The largest absolute Gasteiger partial charge is 0.369 e. The minimum absolute atomic E-state index is 0.0610. The lowest BCUT2D eigenvalue weighted by Gasteiger charge is -2.35. The Balaban J connectivity index is 2.25. The highest BCUT2D eigenvalue weighted by Crippen LogP contribution is 2.28. The SMILES string of the molecule is CC(C)n1ncc(N(C)C2CCC(N)CC2)c(Br)c1=O. The van der Waals surface area contributed by atoms with E-state index in [9.17, 15) is 4.79 Å². The standard InChI is InChI=1S/C14H23BrN4O/c1-9(2)19-14(20)13(15)12(8-17-19)18(3)11-6-4-10(16)5-7-11/h8-11H,4-7,16H2,1-3H3. The molecular weight excluding hydrogens is 320 g/mol. The molecule has 2 rings (SSSR count). The molecule has 1 heterocycles. The zero-order valence-electron chi connectivity index (χ0n) is 12.3. The summed E-state index contributed by atoms with van der Waals surface area (Å²) in [5.41, 5.74) is 6.75. The molecule has 0 spiro atoms. The third-order valence-electron chi connectivity index (χ3n) is 4.08. The van der Waals surface area contributed by atoms with Gasteiger partial charge in [0, 0.05) is 19.1 Å². The van der Waals surface area contributed by atoms with Crippen molar-refractivity contribution in [3.63, 3.8) is 0 Å². The quantitative estimate of drug-likeness (QED) is 0.915. The Labute approximate surface area is 128 Å². The first-order chi connectivity index (χ1) is 9.41. The first-order valence-corrected chi connectivity index (χ1v) is 7.96. The van der Waals surface area contributed by atoms with E-state index in [-0.39, 0.29) is 11.6 Å². The molecule has 0 bridgehead atoms. The molecular formula is C14H23BrN4O. The van der Waals surface area contributed by atoms with Crippen LogP contribution in [0.15, 0.2) is 15.5 Å². The summed E-state index contributed by atoms with van der Waals surface area (Å²) in [7, 11) is 2.03. The highest BCUT2D eigenvalue weighted by molar-refractivity contribution is 9.10. The van der Waals surface area contributed by atoms with Gasteiger partial charge < -0.3 is 10.6 Å². The van der Waals surface area contributed by atoms with Gasteiger partial charge >= 0.3 is 0 Å². The van der Waals surface area contributed by atoms with E-state index < -0.39 is 0 Å². The van der Waals surface area contributed by atoms with Gasteiger partial charge in [-0.3, -0.25) is 4.79 Å². The molecule has 0 radical (unpaired) electrons. The fourth-order valence-electron chi connectivity index (χ4n) is 2.74. The van der Waals surface area contributed by atoms with Gasteiger partial charge in [-0.15, -0.1) is 0 Å². The minimum atomic E-state index is -0.0724. The minimum Gasteiger partial charge on any atom is -0.369 e. The van der Waals surface area contributed by atoms with Crippen LogP contribution in [0.5, 0.6) is 0 Å². The van der Waals surface area contributed by atoms with Crippen LogP contribution in [0.25, 0.3) is 0 Å². The summed E-state index contributed by atoms with van der Waals surface area (Å²) in [5, 5.41) is 4.28. The van der Waals surface area contributed by atoms with Crippen LogP contribution in [-0.4, -0.2) is 28.9 Å². The predicted molar refractivity (Wildman–Crippen MR) is 85.2 cm³/mol. The van der Waals surface area contributed by atoms with Crippen LogP contribution in [0.3, 0.4) is 0 Å². The van der Waals surface area contributed by atoms with E-state index in [0.29, 0.717) is 16.6 Å². The normalized spacial score (nSPS) is 23.1. The smallest absolute Gasteiger partial charge is 0.283 e. The van der Waals surface area contributed by atoms with E-state index in [1.54, 1.807) is 6.20 Å². The van der Waals surface area contributed by atoms with Crippen LogP contribution >= 0.6 is 15.9 Å². The monoisotopic (exact) mass is 342 g/mol. The summed E-state index contributed by atoms with van der Waals surface area (Å²) in [5.74, 6) is 0. The van der Waals surface area contributed by atoms with Crippen LogP contribution in [0.1, 0.15) is 45.6 Å². The van der Waals surface area contributed by atoms with Crippen molar-refractivity contribution in [2.75, 3.05) is 11.9 Å². The van der Waals surface area contributed by atoms with E-state index in [0.717, 1.165) is 31.4 Å². The number of hydrogen-bond acceptors (Lipinski definition) is 4. The first-order valence-electron chi connectivity index (χ1n) is 7.17. The van der Waals surface area contributed by atoms with Crippen LogP contribution in [0, 0.1) is 0 Å². The zero-order valence-corrected chi connectivity index (χ0v) is 13.9. The van der Waals surface area contributed by atoms with Crippen LogP contribution < -0.4 is 16.2 Å². The molecule has 0 atom stereocenters. The maximum Gasteiger partial charge on any atom is 0.283 e. The second-order valence-corrected chi connectivity index (χ2v) is 6.66. The number of nitrogens with zero attached hydrogens (tertiary/aromatic N) is 3. The van der Waals surface area contributed by atoms with E-state index in [4.69, 9.17) is 5.73 Å². The molecule has 0 unspecified atom stereocenters. The topological polar surface area (TPSA) is 64.2 Å². The molecule has 6 heteroatoms. The second kappa shape index (κ2) is 6.26. The molecule has 1 aliphatic carbocycles. The summed E-state index contributed by atoms with van der Waals surface area (Å²) in [6, 6.07) is 0.822. The van der Waals surface area contributed by atoms with Gasteiger partial charge in [0.1, 0.15) is 4.47 Å². The number of nitrogens with two attached hydrogens (primary N) is 1. The maximum atomic E-state index is 12.3. The third-order valence-corrected chi connectivity index (χ3v) is 4.83. The molecule has 0 aliphatic heterocycles. The molecule has 1 saturated carbocycles. The highest BCUT2D eigenvalue weighted by Gasteiger charge is 2.24. The van der Waals surface area contributed by atoms with Crippen LogP contribution in [0.2, 0.25) is 0 Å². The van der Waals surface area contributed by atoms with Gasteiger partial charge in [0.15, 0.2) is 0 Å². The molecule has 20 heavy (non-hydrogen) atoms. The van der Waals surface area contributed by atoms with Crippen molar-refractivity contribution in [2.24, 2.45) is 5.73 Å². The van der Waals surface area contributed by atoms with Gasteiger partial charge in [0.05, 0.1) is 17.9 Å². The average Bonchev–Trinajstić information content (AvgIpc) is 2.41. The molecule has 0 saturated heterocycles. The average molecular weight is 343 g/mol. The third kappa shape index (κ3) is 3.06. The summed E-state index contributed by atoms with van der Waals surface area (Å²) in [6.07, 6.45) is 6.00. The summed E-state index contributed by atoms with van der Waals surface area (Å²) >= 11 is 3.44. The van der Waals surface area contributed by atoms with Crippen molar-refractivity contribution in [3.8, 4) is 0 Å². The van der Waals surface area contributed by atoms with Crippen molar-refractivity contribution in [1.82, 2.24) is 9.78 Å². The van der Waals surface area contributed by atoms with Gasteiger partial charge in [0.2, 0.25) is 0 Å². The number of anilines is 1. The summed E-state index contributed by atoms with van der Waals surface area (Å²) in [6.45, 7) is 3.90. The lowest BCUT2D eigenvalue weighted by Crippen LogP contribution is -2.40. The highest BCUT2D eigenvalue weighted by atomic mass is 79.9. The number of rotatable bonds is 3. The van der Waals surface area contributed by atoms with E-state index >= 15 is 0 Å². The van der Waals surface area contributed by atoms with Gasteiger partial charge in [0.25, 0.3) is 5.56 Å². The van der Waals surface area contributed by atoms with Crippen LogP contribution in [0.4, 0.5) is 5.69 Å². The molecule has 0 aromatic carbocycles. The lowest BCUT2D eigenvalue weighted by molar-refractivity contribution is 0.384. The van der Waals surface area contributed by atoms with Gasteiger partial charge in [-0.05, 0) is 55.5 Å². The number of hydrogen-bond donors (Lipinski definition) is 1. The molecule has 112 valence electrons. The van der Waals surface area contributed by atoms with Gasteiger partial charge in [-0.25, -0.2) is 4.68 Å². The van der Waals surface area contributed by atoms with Crippen molar-refractivity contribution < 1.29 is 0 Å². The molecule has 1 fully saturated rings. The Morgan fingerprint density at radius 3 is 2.55 bits per heavy atom. The maximum absolute atomic E-state index is 12.3. The predicted octanol–water partition coefficient (Wildman–Crippen LogP) is 2.29. The second-order valence-electron chi connectivity index (χ2n) is 5.87. The molecule has 1 aromatic heterocycles. The van der Waals surface area contributed by atoms with Gasteiger partial charge in [-0.2, -0.15) is 5.10 Å². The van der Waals surface area contributed by atoms with Crippen molar-refractivity contribution >= 4 is 21.6 Å². The van der Waals surface area contributed by atoms with Crippen molar-refractivity contribution in [3.05, 3.63) is 21.0 Å². The molecule has 1 aliphatic rings. The first kappa shape index (κ1) is 15.5. The van der Waals surface area contributed by atoms with E-state index in [1.807, 2.05) is 20.9 Å². The molecule has 0 amide bonds. The number of halogens is 1. The fraction of sp³-hybridized carbons (Fsp3) is 0.714. The van der Waals surface area contributed by atoms with E-state index in [1.165, 1.54) is 4.68 Å². The zero-order chi connectivity index (χ0) is 14.9.